The van der Waals surface area contributed by atoms with E-state index < -0.39 is 0 Å². The number of carbonyl (C=O) groups is 1. The summed E-state index contributed by atoms with van der Waals surface area (Å²) in [5, 5.41) is 18.3. The average molecular weight is 320 g/mol. The Balaban J connectivity index is 2.24. The van der Waals surface area contributed by atoms with Crippen LogP contribution in [0.1, 0.15) is 32.8 Å². The van der Waals surface area contributed by atoms with Crippen LogP contribution in [-0.4, -0.2) is 42.6 Å². The van der Waals surface area contributed by atoms with Crippen LogP contribution < -0.4 is 16.0 Å². The molecular weight excluding hydrogens is 292 g/mol. The van der Waals surface area contributed by atoms with Gasteiger partial charge in [-0.3, -0.25) is 9.79 Å². The van der Waals surface area contributed by atoms with Crippen LogP contribution in [0.2, 0.25) is 0 Å². The number of amides is 1. The molecule has 0 aliphatic heterocycles. The Bertz CT molecular complexity index is 518. The minimum Gasteiger partial charge on any atom is -0.508 e. The molecule has 0 aliphatic rings. The molecule has 0 fully saturated rings. The van der Waals surface area contributed by atoms with E-state index in [-0.39, 0.29) is 23.7 Å². The molecule has 0 aliphatic carbocycles. The molecule has 0 saturated heterocycles. The van der Waals surface area contributed by atoms with Gasteiger partial charge in [0.25, 0.3) is 0 Å². The number of phenols is 1. The van der Waals surface area contributed by atoms with Gasteiger partial charge in [-0.1, -0.05) is 12.1 Å². The lowest BCUT2D eigenvalue weighted by atomic mass is 10.1. The number of aliphatic imine (C=N–C) groups is 1. The van der Waals surface area contributed by atoms with E-state index in [1.807, 2.05) is 32.9 Å². The average Bonchev–Trinajstić information content (AvgIpc) is 2.46. The summed E-state index contributed by atoms with van der Waals surface area (Å²) in [6.07, 6.45) is 1.84. The topological polar surface area (TPSA) is 85.8 Å². The van der Waals surface area contributed by atoms with E-state index in [1.54, 1.807) is 19.2 Å². The fourth-order valence-corrected chi connectivity index (χ4v) is 2.01. The van der Waals surface area contributed by atoms with Crippen molar-refractivity contribution in [3.8, 4) is 5.75 Å². The van der Waals surface area contributed by atoms with Crippen LogP contribution in [0.4, 0.5) is 0 Å². The summed E-state index contributed by atoms with van der Waals surface area (Å²) < 4.78 is 0. The molecule has 6 heteroatoms. The standard InChI is InChI=1S/C17H28N4O2/c1-17(2,3)21-15(23)12-20-16(18-4)19-11-5-6-13-7-9-14(22)10-8-13/h7-10,22H,5-6,11-12H2,1-4H3,(H,21,23)(H2,18,19,20). The zero-order valence-electron chi connectivity index (χ0n) is 14.4. The van der Waals surface area contributed by atoms with E-state index in [1.165, 1.54) is 5.56 Å². The lowest BCUT2D eigenvalue weighted by Crippen LogP contribution is -2.48. The van der Waals surface area contributed by atoms with Gasteiger partial charge in [0.15, 0.2) is 5.96 Å². The third kappa shape index (κ3) is 8.70. The Labute approximate surface area is 138 Å². The number of aryl methyl sites for hydroxylation is 1. The largest absolute Gasteiger partial charge is 0.508 e. The van der Waals surface area contributed by atoms with Crippen LogP contribution in [0.3, 0.4) is 0 Å². The summed E-state index contributed by atoms with van der Waals surface area (Å²) in [5.41, 5.74) is 0.942. The van der Waals surface area contributed by atoms with Crippen LogP contribution in [0.15, 0.2) is 29.3 Å². The Kier molecular flexibility index (Phi) is 7.38. The molecule has 0 heterocycles. The zero-order chi connectivity index (χ0) is 17.3. The van der Waals surface area contributed by atoms with Crippen molar-refractivity contribution in [2.45, 2.75) is 39.2 Å². The van der Waals surface area contributed by atoms with Gasteiger partial charge < -0.3 is 21.1 Å². The van der Waals surface area contributed by atoms with E-state index in [9.17, 15) is 9.90 Å². The van der Waals surface area contributed by atoms with Crippen molar-refractivity contribution in [2.24, 2.45) is 4.99 Å². The maximum absolute atomic E-state index is 11.7. The quantitative estimate of drug-likeness (QED) is 0.363. The number of nitrogens with one attached hydrogen (secondary N) is 3. The molecule has 0 aromatic heterocycles. The first kappa shape index (κ1) is 18.8. The molecule has 0 spiro atoms. The van der Waals surface area contributed by atoms with Gasteiger partial charge in [-0.25, -0.2) is 0 Å². The number of benzene rings is 1. The number of phenolic OH excluding ortho intramolecular Hbond substituents is 1. The van der Waals surface area contributed by atoms with E-state index in [2.05, 4.69) is 20.9 Å². The van der Waals surface area contributed by atoms with Crippen LogP contribution in [0, 0.1) is 0 Å². The van der Waals surface area contributed by atoms with Gasteiger partial charge in [-0.15, -0.1) is 0 Å². The number of carbonyl (C=O) groups excluding carboxylic acids is 1. The first-order valence-electron chi connectivity index (χ1n) is 7.83. The van der Waals surface area contributed by atoms with E-state index in [0.29, 0.717) is 5.96 Å². The minimum absolute atomic E-state index is 0.0652. The second kappa shape index (κ2) is 9.02. The molecule has 1 amide bonds. The molecule has 6 nitrogen and oxygen atoms in total. The number of hydrogen-bond donors (Lipinski definition) is 4. The second-order valence-electron chi connectivity index (χ2n) is 6.42. The normalized spacial score (nSPS) is 11.9. The highest BCUT2D eigenvalue weighted by Gasteiger charge is 2.13. The molecule has 0 atom stereocenters. The number of guanidine groups is 1. The van der Waals surface area contributed by atoms with Gasteiger partial charge in [-0.05, 0) is 51.3 Å². The molecule has 1 aromatic carbocycles. The molecule has 0 unspecified atom stereocenters. The fraction of sp³-hybridized carbons (Fsp3) is 0.529. The Morgan fingerprint density at radius 1 is 1.17 bits per heavy atom. The Morgan fingerprint density at radius 2 is 1.83 bits per heavy atom. The number of hydrogen-bond acceptors (Lipinski definition) is 3. The summed E-state index contributed by atoms with van der Waals surface area (Å²) in [7, 11) is 1.68. The lowest BCUT2D eigenvalue weighted by molar-refractivity contribution is -0.121. The molecule has 128 valence electrons. The lowest BCUT2D eigenvalue weighted by Gasteiger charge is -2.21. The SMILES string of the molecule is CN=C(NCCCc1ccc(O)cc1)NCC(=O)NC(C)(C)C. The highest BCUT2D eigenvalue weighted by atomic mass is 16.3. The van der Waals surface area contributed by atoms with Gasteiger partial charge in [0.1, 0.15) is 5.75 Å². The Morgan fingerprint density at radius 3 is 2.39 bits per heavy atom. The molecule has 23 heavy (non-hydrogen) atoms. The molecule has 0 saturated carbocycles. The zero-order valence-corrected chi connectivity index (χ0v) is 14.4. The van der Waals surface area contributed by atoms with Crippen molar-refractivity contribution in [2.75, 3.05) is 20.1 Å². The first-order valence-corrected chi connectivity index (χ1v) is 7.83. The maximum Gasteiger partial charge on any atom is 0.239 e. The smallest absolute Gasteiger partial charge is 0.239 e. The fourth-order valence-electron chi connectivity index (χ4n) is 2.01. The summed E-state index contributed by atoms with van der Waals surface area (Å²) in [6, 6.07) is 7.21. The van der Waals surface area contributed by atoms with Crippen molar-refractivity contribution >= 4 is 11.9 Å². The molecule has 0 radical (unpaired) electrons. The van der Waals surface area contributed by atoms with E-state index in [4.69, 9.17) is 0 Å². The van der Waals surface area contributed by atoms with Gasteiger partial charge >= 0.3 is 0 Å². The predicted octanol–water partition coefficient (Wildman–Crippen LogP) is 1.40. The predicted molar refractivity (Wildman–Crippen MR) is 93.7 cm³/mol. The number of rotatable bonds is 6. The van der Waals surface area contributed by atoms with Crippen LogP contribution >= 0.6 is 0 Å². The van der Waals surface area contributed by atoms with Crippen molar-refractivity contribution in [1.29, 1.82) is 0 Å². The van der Waals surface area contributed by atoms with Gasteiger partial charge in [0.05, 0.1) is 6.54 Å². The van der Waals surface area contributed by atoms with Gasteiger partial charge in [0.2, 0.25) is 5.91 Å². The van der Waals surface area contributed by atoms with Crippen LogP contribution in [0.5, 0.6) is 5.75 Å². The van der Waals surface area contributed by atoms with Crippen molar-refractivity contribution < 1.29 is 9.90 Å². The molecular formula is C17H28N4O2. The van der Waals surface area contributed by atoms with Gasteiger partial charge in [-0.2, -0.15) is 0 Å². The van der Waals surface area contributed by atoms with Crippen molar-refractivity contribution in [3.05, 3.63) is 29.8 Å². The highest BCUT2D eigenvalue weighted by Crippen LogP contribution is 2.10. The number of aromatic hydroxyl groups is 1. The maximum atomic E-state index is 11.7. The third-order valence-electron chi connectivity index (χ3n) is 3.03. The van der Waals surface area contributed by atoms with Gasteiger partial charge in [0, 0.05) is 19.1 Å². The molecule has 1 aromatic rings. The first-order chi connectivity index (χ1) is 10.8. The monoisotopic (exact) mass is 320 g/mol. The minimum atomic E-state index is -0.236. The molecule has 0 bridgehead atoms. The molecule has 4 N–H and O–H groups in total. The third-order valence-corrected chi connectivity index (χ3v) is 3.03. The molecule has 1 rings (SSSR count). The summed E-state index contributed by atoms with van der Waals surface area (Å²) in [5.74, 6) is 0.828. The van der Waals surface area contributed by atoms with Crippen molar-refractivity contribution in [1.82, 2.24) is 16.0 Å². The summed E-state index contributed by atoms with van der Waals surface area (Å²) in [4.78, 5) is 15.8. The van der Waals surface area contributed by atoms with E-state index in [0.717, 1.165) is 19.4 Å². The van der Waals surface area contributed by atoms with Crippen LogP contribution in [-0.2, 0) is 11.2 Å². The number of nitrogens with zero attached hydrogens (tertiary/aromatic N) is 1. The highest BCUT2D eigenvalue weighted by molar-refractivity contribution is 5.86. The Hall–Kier alpha value is -2.24. The second-order valence-corrected chi connectivity index (χ2v) is 6.42. The van der Waals surface area contributed by atoms with Crippen molar-refractivity contribution in [3.63, 3.8) is 0 Å². The van der Waals surface area contributed by atoms with Crippen LogP contribution in [0.25, 0.3) is 0 Å². The summed E-state index contributed by atoms with van der Waals surface area (Å²) in [6.45, 7) is 6.78. The summed E-state index contributed by atoms with van der Waals surface area (Å²) >= 11 is 0. The van der Waals surface area contributed by atoms with E-state index >= 15 is 0 Å².